The highest BCUT2D eigenvalue weighted by Gasteiger charge is 2.28. The maximum Gasteiger partial charge on any atom is 0.0413 e. The van der Waals surface area contributed by atoms with Crippen LogP contribution in [0.25, 0.3) is 0 Å². The summed E-state index contributed by atoms with van der Waals surface area (Å²) in [4.78, 5) is 2.43. The van der Waals surface area contributed by atoms with Gasteiger partial charge in [-0.3, -0.25) is 0 Å². The van der Waals surface area contributed by atoms with Crippen molar-refractivity contribution in [3.63, 3.8) is 0 Å². The summed E-state index contributed by atoms with van der Waals surface area (Å²) in [7, 11) is 0. The van der Waals surface area contributed by atoms with Crippen LogP contribution in [0.2, 0.25) is 0 Å². The molecule has 1 aromatic carbocycles. The molecule has 0 saturated carbocycles. The summed E-state index contributed by atoms with van der Waals surface area (Å²) >= 11 is 3.65. The van der Waals surface area contributed by atoms with Crippen LogP contribution < -0.4 is 10.6 Å². The number of likely N-dealkylation sites (N-methyl/N-ethyl adjacent to an activating group) is 1. The zero-order valence-electron chi connectivity index (χ0n) is 9.04. The lowest BCUT2D eigenvalue weighted by Crippen LogP contribution is -2.21. The van der Waals surface area contributed by atoms with E-state index >= 15 is 0 Å². The van der Waals surface area contributed by atoms with Crippen molar-refractivity contribution in [3.05, 3.63) is 28.2 Å². The molecule has 0 radical (unpaired) electrons. The van der Waals surface area contributed by atoms with Gasteiger partial charge in [0.2, 0.25) is 0 Å². The first kappa shape index (κ1) is 11.0. The second kappa shape index (κ2) is 4.54. The third kappa shape index (κ3) is 1.91. The van der Waals surface area contributed by atoms with Gasteiger partial charge in [-0.1, -0.05) is 22.0 Å². The van der Waals surface area contributed by atoms with Gasteiger partial charge in [-0.2, -0.15) is 0 Å². The van der Waals surface area contributed by atoms with Crippen LogP contribution in [0.4, 0.5) is 5.69 Å². The van der Waals surface area contributed by atoms with Crippen LogP contribution in [0.3, 0.4) is 0 Å². The molecule has 0 aliphatic carbocycles. The number of halogens is 1. The van der Waals surface area contributed by atoms with Crippen LogP contribution in [-0.4, -0.2) is 19.6 Å². The van der Waals surface area contributed by atoms with E-state index in [4.69, 9.17) is 5.73 Å². The fraction of sp³-hybridized carbons (Fsp3) is 0.500. The number of rotatable bonds is 3. The Hall–Kier alpha value is -0.540. The molecule has 2 N–H and O–H groups in total. The molecule has 1 aromatic rings. The van der Waals surface area contributed by atoms with Gasteiger partial charge in [0.05, 0.1) is 0 Å². The molecular formula is C12H17BrN2. The third-order valence-corrected chi connectivity index (χ3v) is 3.81. The number of anilines is 1. The van der Waals surface area contributed by atoms with Crippen LogP contribution in [0.15, 0.2) is 22.7 Å². The Kier molecular flexibility index (Phi) is 3.32. The monoisotopic (exact) mass is 268 g/mol. The summed E-state index contributed by atoms with van der Waals surface area (Å²) in [5.41, 5.74) is 8.50. The van der Waals surface area contributed by atoms with Crippen LogP contribution >= 0.6 is 15.9 Å². The van der Waals surface area contributed by atoms with E-state index in [2.05, 4.69) is 46.0 Å². The smallest absolute Gasteiger partial charge is 0.0413 e. The van der Waals surface area contributed by atoms with Gasteiger partial charge in [0.15, 0.2) is 0 Å². The zero-order chi connectivity index (χ0) is 10.8. The fourth-order valence-electron chi connectivity index (χ4n) is 2.40. The van der Waals surface area contributed by atoms with Crippen molar-refractivity contribution < 1.29 is 0 Å². The Labute approximate surface area is 99.6 Å². The Balaban J connectivity index is 2.39. The molecule has 0 bridgehead atoms. The van der Waals surface area contributed by atoms with E-state index in [1.165, 1.54) is 15.7 Å². The Morgan fingerprint density at radius 2 is 2.33 bits per heavy atom. The van der Waals surface area contributed by atoms with Crippen LogP contribution in [0.1, 0.15) is 24.8 Å². The summed E-state index contributed by atoms with van der Waals surface area (Å²) in [5, 5.41) is 0. The summed E-state index contributed by atoms with van der Waals surface area (Å²) in [5.74, 6) is 0.598. The SMILES string of the molecule is CCN1CC(CCN)c2c(Br)cccc21. The number of nitrogens with zero attached hydrogens (tertiary/aromatic N) is 1. The molecule has 0 saturated heterocycles. The predicted molar refractivity (Wildman–Crippen MR) is 68.4 cm³/mol. The molecular weight excluding hydrogens is 252 g/mol. The van der Waals surface area contributed by atoms with Gasteiger partial charge in [-0.05, 0) is 37.6 Å². The molecule has 2 rings (SSSR count). The third-order valence-electron chi connectivity index (χ3n) is 3.12. The van der Waals surface area contributed by atoms with E-state index < -0.39 is 0 Å². The molecule has 1 aliphatic rings. The number of nitrogens with two attached hydrogens (primary N) is 1. The minimum atomic E-state index is 0.598. The Morgan fingerprint density at radius 3 is 3.00 bits per heavy atom. The first-order chi connectivity index (χ1) is 7.27. The van der Waals surface area contributed by atoms with Gasteiger partial charge in [0, 0.05) is 29.2 Å². The van der Waals surface area contributed by atoms with Crippen molar-refractivity contribution >= 4 is 21.6 Å². The largest absolute Gasteiger partial charge is 0.371 e. The zero-order valence-corrected chi connectivity index (χ0v) is 10.6. The highest BCUT2D eigenvalue weighted by atomic mass is 79.9. The molecule has 0 aromatic heterocycles. The van der Waals surface area contributed by atoms with E-state index in [0.29, 0.717) is 5.92 Å². The van der Waals surface area contributed by atoms with E-state index in [-0.39, 0.29) is 0 Å². The van der Waals surface area contributed by atoms with Crippen LogP contribution in [0.5, 0.6) is 0 Å². The summed E-state index contributed by atoms with van der Waals surface area (Å²) in [6.07, 6.45) is 1.08. The van der Waals surface area contributed by atoms with E-state index in [1.807, 2.05) is 0 Å². The minimum absolute atomic E-state index is 0.598. The predicted octanol–water partition coefficient (Wildman–Crippen LogP) is 2.72. The van der Waals surface area contributed by atoms with Gasteiger partial charge in [0.25, 0.3) is 0 Å². The van der Waals surface area contributed by atoms with E-state index in [1.54, 1.807) is 0 Å². The van der Waals surface area contributed by atoms with Gasteiger partial charge in [-0.25, -0.2) is 0 Å². The average Bonchev–Trinajstić information content (AvgIpc) is 2.59. The van der Waals surface area contributed by atoms with Crippen molar-refractivity contribution in [1.82, 2.24) is 0 Å². The lowest BCUT2D eigenvalue weighted by molar-refractivity contribution is 0.649. The van der Waals surface area contributed by atoms with Crippen LogP contribution in [0, 0.1) is 0 Å². The Bertz CT molecular complexity index is 351. The number of hydrogen-bond donors (Lipinski definition) is 1. The molecule has 0 amide bonds. The maximum atomic E-state index is 5.67. The lowest BCUT2D eigenvalue weighted by Gasteiger charge is -2.16. The molecule has 82 valence electrons. The van der Waals surface area contributed by atoms with Crippen molar-refractivity contribution in [2.45, 2.75) is 19.3 Å². The highest BCUT2D eigenvalue weighted by Crippen LogP contribution is 2.41. The normalized spacial score (nSPS) is 19.4. The van der Waals surface area contributed by atoms with Gasteiger partial charge in [0.1, 0.15) is 0 Å². The van der Waals surface area contributed by atoms with E-state index in [9.17, 15) is 0 Å². The van der Waals surface area contributed by atoms with Gasteiger partial charge >= 0.3 is 0 Å². The van der Waals surface area contributed by atoms with Crippen molar-refractivity contribution in [1.29, 1.82) is 0 Å². The molecule has 0 fully saturated rings. The second-order valence-corrected chi connectivity index (χ2v) is 4.84. The standard InChI is InChI=1S/C12H17BrN2/c1-2-15-8-9(6-7-14)12-10(13)4-3-5-11(12)15/h3-5,9H,2,6-8,14H2,1H3. The molecule has 2 nitrogen and oxygen atoms in total. The van der Waals surface area contributed by atoms with Crippen molar-refractivity contribution in [2.75, 3.05) is 24.5 Å². The van der Waals surface area contributed by atoms with Gasteiger partial charge < -0.3 is 10.6 Å². The first-order valence-corrected chi connectivity index (χ1v) is 6.30. The van der Waals surface area contributed by atoms with Crippen molar-refractivity contribution in [3.8, 4) is 0 Å². The quantitative estimate of drug-likeness (QED) is 0.914. The summed E-state index contributed by atoms with van der Waals surface area (Å²) in [6.45, 7) is 5.16. The number of hydrogen-bond acceptors (Lipinski definition) is 2. The van der Waals surface area contributed by atoms with Gasteiger partial charge in [-0.15, -0.1) is 0 Å². The van der Waals surface area contributed by atoms with Crippen LogP contribution in [-0.2, 0) is 0 Å². The summed E-state index contributed by atoms with van der Waals surface area (Å²) < 4.78 is 1.23. The fourth-order valence-corrected chi connectivity index (χ4v) is 3.08. The lowest BCUT2D eigenvalue weighted by atomic mass is 9.98. The highest BCUT2D eigenvalue weighted by molar-refractivity contribution is 9.10. The molecule has 1 heterocycles. The molecule has 1 unspecified atom stereocenters. The molecule has 1 aliphatic heterocycles. The second-order valence-electron chi connectivity index (χ2n) is 3.99. The first-order valence-electron chi connectivity index (χ1n) is 5.51. The maximum absolute atomic E-state index is 5.67. The topological polar surface area (TPSA) is 29.3 Å². The average molecular weight is 269 g/mol. The number of fused-ring (bicyclic) bond motifs is 1. The number of benzene rings is 1. The minimum Gasteiger partial charge on any atom is -0.371 e. The molecule has 1 atom stereocenters. The summed E-state index contributed by atoms with van der Waals surface area (Å²) in [6, 6.07) is 6.44. The Morgan fingerprint density at radius 1 is 1.53 bits per heavy atom. The molecule has 15 heavy (non-hydrogen) atoms. The molecule has 0 spiro atoms. The van der Waals surface area contributed by atoms with E-state index in [0.717, 1.165) is 26.1 Å². The van der Waals surface area contributed by atoms with Crippen molar-refractivity contribution in [2.24, 2.45) is 5.73 Å². The molecule has 3 heteroatoms.